The molecule has 39 heavy (non-hydrogen) atoms. The zero-order chi connectivity index (χ0) is 28.2. The van der Waals surface area contributed by atoms with Crippen LogP contribution >= 0.6 is 23.2 Å². The summed E-state index contributed by atoms with van der Waals surface area (Å²) >= 11 is 12.4. The van der Waals surface area contributed by atoms with Crippen molar-refractivity contribution in [2.45, 2.75) is 9.79 Å². The number of hydrogen-bond acceptors (Lipinski definition) is 5. The number of carbonyl (C=O) groups is 1. The number of amides is 1. The van der Waals surface area contributed by atoms with E-state index in [1.54, 1.807) is 18.2 Å². The normalized spacial score (nSPS) is 11.6. The number of carbonyl (C=O) groups excluding carboxylic acids is 1. The number of halogens is 3. The van der Waals surface area contributed by atoms with Gasteiger partial charge in [-0.15, -0.1) is 0 Å². The Bertz CT molecular complexity index is 1700. The van der Waals surface area contributed by atoms with Gasteiger partial charge in [-0.3, -0.25) is 13.8 Å². The monoisotopic (exact) mass is 607 g/mol. The number of hydrogen-bond donors (Lipinski definition) is 2. The molecular weight excluding hydrogens is 588 g/mol. The highest BCUT2D eigenvalue weighted by Crippen LogP contribution is 2.35. The molecule has 13 heteroatoms. The molecule has 0 heterocycles. The molecule has 202 valence electrons. The van der Waals surface area contributed by atoms with Crippen molar-refractivity contribution in [2.75, 3.05) is 20.9 Å². The van der Waals surface area contributed by atoms with E-state index in [4.69, 9.17) is 23.2 Å². The van der Waals surface area contributed by atoms with Crippen molar-refractivity contribution in [1.82, 2.24) is 0 Å². The molecule has 4 rings (SSSR count). The highest BCUT2D eigenvalue weighted by molar-refractivity contribution is 7.93. The minimum absolute atomic E-state index is 0.0106. The molecule has 0 saturated carbocycles. The van der Waals surface area contributed by atoms with E-state index in [1.165, 1.54) is 66.7 Å². The first-order chi connectivity index (χ1) is 18.5. The molecule has 4 aromatic carbocycles. The molecule has 0 radical (unpaired) electrons. The number of anilines is 3. The van der Waals surface area contributed by atoms with Gasteiger partial charge in [0.15, 0.2) is 0 Å². The van der Waals surface area contributed by atoms with Crippen LogP contribution in [0.1, 0.15) is 0 Å². The van der Waals surface area contributed by atoms with Crippen LogP contribution in [0, 0.1) is 5.82 Å². The molecule has 8 nitrogen and oxygen atoms in total. The molecule has 0 saturated heterocycles. The lowest BCUT2D eigenvalue weighted by Crippen LogP contribution is -2.38. The van der Waals surface area contributed by atoms with Crippen molar-refractivity contribution in [1.29, 1.82) is 0 Å². The fourth-order valence-corrected chi connectivity index (χ4v) is 6.44. The van der Waals surface area contributed by atoms with Crippen molar-refractivity contribution < 1.29 is 26.0 Å². The van der Waals surface area contributed by atoms with E-state index in [0.29, 0.717) is 0 Å². The smallest absolute Gasteiger partial charge is 0.264 e. The summed E-state index contributed by atoms with van der Waals surface area (Å²) in [6.45, 7) is -0.649. The molecule has 0 aliphatic carbocycles. The molecule has 0 aromatic heterocycles. The molecule has 1 amide bonds. The van der Waals surface area contributed by atoms with Crippen LogP contribution in [0.2, 0.25) is 10.0 Å². The number of sulfonamides is 2. The Morgan fingerprint density at radius 2 is 1.36 bits per heavy atom. The zero-order valence-electron chi connectivity index (χ0n) is 19.9. The molecule has 0 spiro atoms. The van der Waals surface area contributed by atoms with Gasteiger partial charge >= 0.3 is 0 Å². The third-order valence-corrected chi connectivity index (χ3v) is 9.34. The summed E-state index contributed by atoms with van der Waals surface area (Å²) in [5, 5.41) is 2.62. The van der Waals surface area contributed by atoms with E-state index in [-0.39, 0.29) is 36.9 Å². The largest absolute Gasteiger partial charge is 0.325 e. The first-order valence-corrected chi connectivity index (χ1v) is 14.9. The Kier molecular flexibility index (Phi) is 8.45. The van der Waals surface area contributed by atoms with Gasteiger partial charge in [0.25, 0.3) is 20.0 Å². The maximum atomic E-state index is 13.5. The Labute approximate surface area is 235 Å². The summed E-state index contributed by atoms with van der Waals surface area (Å²) in [5.41, 5.74) is 0.402. The molecule has 0 fully saturated rings. The third-order valence-electron chi connectivity index (χ3n) is 5.36. The maximum Gasteiger partial charge on any atom is 0.264 e. The summed E-state index contributed by atoms with van der Waals surface area (Å²) in [6.07, 6.45) is 0. The van der Waals surface area contributed by atoms with Gasteiger partial charge in [-0.05, 0) is 72.8 Å². The SMILES string of the molecule is O=C(CN(c1cccc(Cl)c1Cl)S(=O)(=O)c1ccccc1)Nc1ccc(S(=O)(=O)Nc2ccc(F)cc2)cc1. The van der Waals surface area contributed by atoms with Gasteiger partial charge in [-0.2, -0.15) is 0 Å². The van der Waals surface area contributed by atoms with Crippen LogP contribution < -0.4 is 14.3 Å². The van der Waals surface area contributed by atoms with Gasteiger partial charge in [0.1, 0.15) is 12.4 Å². The lowest BCUT2D eigenvalue weighted by Gasteiger charge is -2.25. The fraction of sp³-hybridized carbons (Fsp3) is 0.0385. The molecule has 2 N–H and O–H groups in total. The third kappa shape index (κ3) is 6.69. The van der Waals surface area contributed by atoms with Crippen LogP contribution in [0.25, 0.3) is 0 Å². The van der Waals surface area contributed by atoms with Crippen molar-refractivity contribution >= 4 is 66.2 Å². The summed E-state index contributed by atoms with van der Waals surface area (Å²) in [7, 11) is -8.21. The molecular formula is C26H20Cl2FN3O5S2. The first kappa shape index (κ1) is 28.4. The Morgan fingerprint density at radius 3 is 2.00 bits per heavy atom. The van der Waals surface area contributed by atoms with Gasteiger partial charge in [0, 0.05) is 11.4 Å². The second-order valence-electron chi connectivity index (χ2n) is 8.08. The zero-order valence-corrected chi connectivity index (χ0v) is 23.0. The van der Waals surface area contributed by atoms with Gasteiger partial charge in [0.05, 0.1) is 25.5 Å². The van der Waals surface area contributed by atoms with Gasteiger partial charge in [0.2, 0.25) is 5.91 Å². The Hall–Kier alpha value is -3.64. The number of rotatable bonds is 9. The summed E-state index contributed by atoms with van der Waals surface area (Å²) < 4.78 is 68.5. The van der Waals surface area contributed by atoms with E-state index in [9.17, 15) is 26.0 Å². The molecule has 4 aromatic rings. The first-order valence-electron chi connectivity index (χ1n) is 11.2. The maximum absolute atomic E-state index is 13.5. The minimum atomic E-state index is -4.22. The van der Waals surface area contributed by atoms with Gasteiger partial charge in [-0.1, -0.05) is 47.5 Å². The average Bonchev–Trinajstić information content (AvgIpc) is 2.91. The second kappa shape index (κ2) is 11.6. The lowest BCUT2D eigenvalue weighted by atomic mass is 10.3. The summed E-state index contributed by atoms with van der Waals surface area (Å²) in [4.78, 5) is 12.8. The van der Waals surface area contributed by atoms with E-state index < -0.39 is 38.3 Å². The van der Waals surface area contributed by atoms with Gasteiger partial charge in [-0.25, -0.2) is 21.2 Å². The Balaban J connectivity index is 1.55. The number of benzene rings is 4. The summed E-state index contributed by atoms with van der Waals surface area (Å²) in [6, 6.07) is 22.0. The predicted molar refractivity (Wildman–Crippen MR) is 150 cm³/mol. The van der Waals surface area contributed by atoms with Crippen molar-refractivity contribution in [3.63, 3.8) is 0 Å². The number of nitrogens with zero attached hydrogens (tertiary/aromatic N) is 1. The van der Waals surface area contributed by atoms with Crippen LogP contribution in [0.15, 0.2) is 107 Å². The van der Waals surface area contributed by atoms with E-state index in [2.05, 4.69) is 10.0 Å². The molecule has 0 bridgehead atoms. The van der Waals surface area contributed by atoms with E-state index in [0.717, 1.165) is 16.4 Å². The van der Waals surface area contributed by atoms with Crippen molar-refractivity contribution in [3.05, 3.63) is 113 Å². The quantitative estimate of drug-likeness (QED) is 0.251. The highest BCUT2D eigenvalue weighted by Gasteiger charge is 2.29. The van der Waals surface area contributed by atoms with E-state index in [1.807, 2.05) is 0 Å². The van der Waals surface area contributed by atoms with Crippen LogP contribution in [-0.2, 0) is 24.8 Å². The van der Waals surface area contributed by atoms with Crippen LogP contribution in [-0.4, -0.2) is 29.3 Å². The number of nitrogens with one attached hydrogen (secondary N) is 2. The molecule has 0 unspecified atom stereocenters. The van der Waals surface area contributed by atoms with E-state index >= 15 is 0 Å². The van der Waals surface area contributed by atoms with Crippen LogP contribution in [0.5, 0.6) is 0 Å². The Morgan fingerprint density at radius 1 is 0.744 bits per heavy atom. The predicted octanol–water partition coefficient (Wildman–Crippen LogP) is 5.77. The standard InChI is InChI=1S/C26H20Cl2FN3O5S2/c27-23-7-4-8-24(26(23)28)32(39(36,37)22-5-2-1-3-6-22)17-25(33)30-19-13-15-21(16-14-19)38(34,35)31-20-11-9-18(29)10-12-20/h1-16,31H,17H2,(H,30,33). The average molecular weight is 609 g/mol. The molecule has 0 aliphatic rings. The van der Waals surface area contributed by atoms with Gasteiger partial charge < -0.3 is 5.32 Å². The highest BCUT2D eigenvalue weighted by atomic mass is 35.5. The van der Waals surface area contributed by atoms with Crippen LogP contribution in [0.4, 0.5) is 21.5 Å². The minimum Gasteiger partial charge on any atom is -0.325 e. The van der Waals surface area contributed by atoms with Crippen LogP contribution in [0.3, 0.4) is 0 Å². The molecule has 0 aliphatic heterocycles. The lowest BCUT2D eigenvalue weighted by molar-refractivity contribution is -0.114. The van der Waals surface area contributed by atoms with Crippen molar-refractivity contribution in [3.8, 4) is 0 Å². The topological polar surface area (TPSA) is 113 Å². The summed E-state index contributed by atoms with van der Waals surface area (Å²) in [5.74, 6) is -1.23. The fourth-order valence-electron chi connectivity index (χ4n) is 3.48. The second-order valence-corrected chi connectivity index (χ2v) is 12.4. The molecule has 0 atom stereocenters. The van der Waals surface area contributed by atoms with Crippen molar-refractivity contribution in [2.24, 2.45) is 0 Å².